The van der Waals surface area contributed by atoms with Crippen molar-refractivity contribution < 1.29 is 9.59 Å². The lowest BCUT2D eigenvalue weighted by Gasteiger charge is -2.08. The molecule has 32 heavy (non-hydrogen) atoms. The highest BCUT2D eigenvalue weighted by Crippen LogP contribution is 2.24. The fourth-order valence-corrected chi connectivity index (χ4v) is 4.50. The summed E-state index contributed by atoms with van der Waals surface area (Å²) in [6.45, 7) is 1.99. The Kier molecular flexibility index (Phi) is 6.48. The molecule has 2 heterocycles. The number of thiazole rings is 1. The molecule has 0 bridgehead atoms. The van der Waals surface area contributed by atoms with Gasteiger partial charge >= 0.3 is 0 Å². The Labute approximate surface area is 196 Å². The molecule has 2 N–H and O–H groups in total. The summed E-state index contributed by atoms with van der Waals surface area (Å²) in [5.74, 6) is -1.05. The summed E-state index contributed by atoms with van der Waals surface area (Å²) in [4.78, 5) is 44.2. The van der Waals surface area contributed by atoms with E-state index in [1.54, 1.807) is 48.5 Å². The SMILES string of the molecule is CCCc1cc(=O)n2c(C(=O)Nc3ccc(Br)cc3)c(C(=O)Nc3ccccc3)sc2n1. The standard InChI is InChI=1S/C23H19BrN4O3S/c1-2-6-17-13-18(29)28-19(21(30)25-16-11-9-14(24)10-12-16)20(32-23(28)27-17)22(31)26-15-7-4-3-5-8-15/h3-5,7-13H,2,6H2,1H3,(H,25,30)(H,26,31). The van der Waals surface area contributed by atoms with Gasteiger partial charge in [-0.25, -0.2) is 9.38 Å². The van der Waals surface area contributed by atoms with Crippen LogP contribution in [0.3, 0.4) is 0 Å². The third-order valence-electron chi connectivity index (χ3n) is 4.63. The number of halogens is 1. The van der Waals surface area contributed by atoms with E-state index in [1.807, 2.05) is 13.0 Å². The van der Waals surface area contributed by atoms with Crippen molar-refractivity contribution in [3.8, 4) is 0 Å². The van der Waals surface area contributed by atoms with Crippen molar-refractivity contribution in [3.63, 3.8) is 0 Å². The lowest BCUT2D eigenvalue weighted by atomic mass is 10.2. The van der Waals surface area contributed by atoms with Crippen LogP contribution in [-0.4, -0.2) is 21.2 Å². The minimum atomic E-state index is -0.566. The number of carbonyl (C=O) groups is 2. The molecule has 0 atom stereocenters. The summed E-state index contributed by atoms with van der Waals surface area (Å²) < 4.78 is 2.07. The van der Waals surface area contributed by atoms with Gasteiger partial charge in [0.2, 0.25) is 0 Å². The lowest BCUT2D eigenvalue weighted by molar-refractivity contribution is 0.0989. The number of nitrogens with one attached hydrogen (secondary N) is 2. The quantitative estimate of drug-likeness (QED) is 0.382. The number of aryl methyl sites for hydroxylation is 1. The molecular formula is C23H19BrN4O3S. The van der Waals surface area contributed by atoms with Gasteiger partial charge in [0.15, 0.2) is 4.96 Å². The minimum absolute atomic E-state index is 0.0399. The molecule has 162 valence electrons. The molecule has 0 aliphatic rings. The molecule has 0 saturated carbocycles. The Balaban J connectivity index is 1.80. The van der Waals surface area contributed by atoms with Crippen LogP contribution in [0.15, 0.2) is 69.9 Å². The Morgan fingerprint density at radius 3 is 2.34 bits per heavy atom. The number of aromatic nitrogens is 2. The van der Waals surface area contributed by atoms with E-state index >= 15 is 0 Å². The van der Waals surface area contributed by atoms with E-state index < -0.39 is 17.4 Å². The second-order valence-electron chi connectivity index (χ2n) is 7.01. The normalized spacial score (nSPS) is 10.8. The number of hydrogen-bond acceptors (Lipinski definition) is 5. The number of para-hydroxylation sites is 1. The summed E-state index contributed by atoms with van der Waals surface area (Å²) >= 11 is 4.37. The number of amides is 2. The molecule has 0 radical (unpaired) electrons. The number of fused-ring (bicyclic) bond motifs is 1. The average molecular weight is 511 g/mol. The number of anilines is 2. The second kappa shape index (κ2) is 9.46. The Hall–Kier alpha value is -3.30. The third-order valence-corrected chi connectivity index (χ3v) is 6.20. The second-order valence-corrected chi connectivity index (χ2v) is 8.91. The van der Waals surface area contributed by atoms with Crippen LogP contribution >= 0.6 is 27.3 Å². The molecular weight excluding hydrogens is 492 g/mol. The van der Waals surface area contributed by atoms with Crippen LogP contribution in [0.25, 0.3) is 4.96 Å². The van der Waals surface area contributed by atoms with Gasteiger partial charge in [0.05, 0.1) is 0 Å². The van der Waals surface area contributed by atoms with E-state index in [9.17, 15) is 14.4 Å². The fraction of sp³-hybridized carbons (Fsp3) is 0.130. The summed E-state index contributed by atoms with van der Waals surface area (Å²) in [6, 6.07) is 17.4. The lowest BCUT2D eigenvalue weighted by Crippen LogP contribution is -2.25. The first-order valence-corrected chi connectivity index (χ1v) is 11.6. The monoisotopic (exact) mass is 510 g/mol. The molecule has 2 amide bonds. The van der Waals surface area contributed by atoms with Gasteiger partial charge in [-0.05, 0) is 42.8 Å². The van der Waals surface area contributed by atoms with Gasteiger partial charge in [0.25, 0.3) is 17.4 Å². The van der Waals surface area contributed by atoms with Crippen molar-refractivity contribution in [2.75, 3.05) is 10.6 Å². The fourth-order valence-electron chi connectivity index (χ4n) is 3.20. The predicted molar refractivity (Wildman–Crippen MR) is 130 cm³/mol. The van der Waals surface area contributed by atoms with Crippen LogP contribution in [0.2, 0.25) is 0 Å². The zero-order chi connectivity index (χ0) is 22.7. The molecule has 0 spiro atoms. The summed E-state index contributed by atoms with van der Waals surface area (Å²) in [6.07, 6.45) is 1.46. The molecule has 7 nitrogen and oxygen atoms in total. The number of carbonyl (C=O) groups excluding carboxylic acids is 2. The van der Waals surface area contributed by atoms with Crippen molar-refractivity contribution in [2.24, 2.45) is 0 Å². The van der Waals surface area contributed by atoms with Crippen LogP contribution in [0, 0.1) is 0 Å². The molecule has 9 heteroatoms. The van der Waals surface area contributed by atoms with Crippen molar-refractivity contribution in [1.29, 1.82) is 0 Å². The third kappa shape index (κ3) is 4.63. The maximum atomic E-state index is 13.2. The number of rotatable bonds is 6. The first-order chi connectivity index (χ1) is 15.5. The average Bonchev–Trinajstić information content (AvgIpc) is 3.17. The molecule has 0 fully saturated rings. The minimum Gasteiger partial charge on any atom is -0.321 e. The van der Waals surface area contributed by atoms with Crippen LogP contribution in [0.4, 0.5) is 11.4 Å². The maximum absolute atomic E-state index is 13.2. The van der Waals surface area contributed by atoms with E-state index in [0.717, 1.165) is 22.2 Å². The van der Waals surface area contributed by atoms with Gasteiger partial charge in [-0.15, -0.1) is 0 Å². The summed E-state index contributed by atoms with van der Waals surface area (Å²) in [7, 11) is 0. The molecule has 0 aliphatic carbocycles. The molecule has 4 aromatic rings. The molecule has 0 unspecified atom stereocenters. The summed E-state index contributed by atoms with van der Waals surface area (Å²) in [5, 5.41) is 5.56. The highest BCUT2D eigenvalue weighted by molar-refractivity contribution is 9.10. The van der Waals surface area contributed by atoms with Gasteiger partial charge < -0.3 is 10.6 Å². The Bertz CT molecular complexity index is 1350. The Morgan fingerprint density at radius 1 is 1.00 bits per heavy atom. The van der Waals surface area contributed by atoms with Gasteiger partial charge in [-0.3, -0.25) is 14.4 Å². The van der Waals surface area contributed by atoms with Gasteiger partial charge in [-0.2, -0.15) is 0 Å². The van der Waals surface area contributed by atoms with Crippen LogP contribution in [0.1, 0.15) is 39.2 Å². The largest absolute Gasteiger partial charge is 0.321 e. The number of hydrogen-bond donors (Lipinski definition) is 2. The first-order valence-electron chi connectivity index (χ1n) is 9.95. The topological polar surface area (TPSA) is 92.6 Å². The van der Waals surface area contributed by atoms with Crippen molar-refractivity contribution >= 4 is 55.4 Å². The van der Waals surface area contributed by atoms with Gasteiger partial charge in [0, 0.05) is 27.6 Å². The predicted octanol–water partition coefficient (Wildman–Crippen LogP) is 4.98. The van der Waals surface area contributed by atoms with Crippen LogP contribution in [-0.2, 0) is 6.42 Å². The molecule has 0 aliphatic heterocycles. The molecule has 2 aromatic heterocycles. The van der Waals surface area contributed by atoms with Gasteiger partial charge in [-0.1, -0.05) is 58.8 Å². The van der Waals surface area contributed by atoms with E-state index in [-0.39, 0.29) is 10.6 Å². The van der Waals surface area contributed by atoms with E-state index in [2.05, 4.69) is 31.5 Å². The molecule has 2 aromatic carbocycles. The zero-order valence-corrected chi connectivity index (χ0v) is 19.5. The van der Waals surface area contributed by atoms with Gasteiger partial charge in [0.1, 0.15) is 10.6 Å². The maximum Gasteiger partial charge on any atom is 0.274 e. The smallest absolute Gasteiger partial charge is 0.274 e. The highest BCUT2D eigenvalue weighted by atomic mass is 79.9. The Morgan fingerprint density at radius 2 is 1.66 bits per heavy atom. The first kappa shape index (κ1) is 21.9. The molecule has 4 rings (SSSR count). The zero-order valence-electron chi connectivity index (χ0n) is 17.1. The number of nitrogens with zero attached hydrogens (tertiary/aromatic N) is 2. The van der Waals surface area contributed by atoms with Crippen LogP contribution in [0.5, 0.6) is 0 Å². The van der Waals surface area contributed by atoms with Crippen molar-refractivity contribution in [1.82, 2.24) is 9.38 Å². The van der Waals surface area contributed by atoms with Crippen LogP contribution < -0.4 is 16.2 Å². The highest BCUT2D eigenvalue weighted by Gasteiger charge is 2.26. The van der Waals surface area contributed by atoms with E-state index in [4.69, 9.17) is 0 Å². The molecule has 0 saturated heterocycles. The number of benzene rings is 2. The van der Waals surface area contributed by atoms with E-state index in [1.165, 1.54) is 10.5 Å². The van der Waals surface area contributed by atoms with E-state index in [0.29, 0.717) is 28.5 Å². The van der Waals surface area contributed by atoms with Crippen molar-refractivity contribution in [3.05, 3.63) is 91.8 Å². The summed E-state index contributed by atoms with van der Waals surface area (Å²) in [5.41, 5.74) is 1.32. The van der Waals surface area contributed by atoms with Crippen molar-refractivity contribution in [2.45, 2.75) is 19.8 Å².